The zero-order chi connectivity index (χ0) is 18.8. The van der Waals surface area contributed by atoms with E-state index in [1.807, 2.05) is 48.5 Å². The number of nitrogens with one attached hydrogen (secondary N) is 1. The van der Waals surface area contributed by atoms with Gasteiger partial charge in [-0.3, -0.25) is 4.79 Å². The van der Waals surface area contributed by atoms with E-state index in [4.69, 9.17) is 9.97 Å². The highest BCUT2D eigenvalue weighted by molar-refractivity contribution is 7.99. The van der Waals surface area contributed by atoms with Crippen LogP contribution < -0.4 is 0 Å². The number of hydrogen-bond acceptors (Lipinski definition) is 5. The molecule has 136 valence electrons. The minimum atomic E-state index is 0.555. The summed E-state index contributed by atoms with van der Waals surface area (Å²) in [5.74, 6) is 1.49. The molecule has 27 heavy (non-hydrogen) atoms. The number of carbonyl (C=O) groups excluding carboxylic acids is 1. The average molecular weight is 376 g/mol. The molecule has 2 aromatic carbocycles. The molecule has 4 rings (SSSR count). The van der Waals surface area contributed by atoms with E-state index in [-0.39, 0.29) is 0 Å². The van der Waals surface area contributed by atoms with Gasteiger partial charge in [0, 0.05) is 28.6 Å². The van der Waals surface area contributed by atoms with Gasteiger partial charge in [-0.05, 0) is 26.2 Å². The number of nitrogens with zero attached hydrogens (tertiary/aromatic N) is 3. The van der Waals surface area contributed by atoms with Crippen molar-refractivity contribution in [3.8, 4) is 11.5 Å². The third-order valence-corrected chi connectivity index (χ3v) is 5.40. The van der Waals surface area contributed by atoms with Crippen LogP contribution in [-0.4, -0.2) is 52.5 Å². The van der Waals surface area contributed by atoms with Crippen LogP contribution in [0, 0.1) is 0 Å². The number of aromatic amines is 1. The number of carbonyl (C=O) groups is 1. The second-order valence-corrected chi connectivity index (χ2v) is 7.68. The van der Waals surface area contributed by atoms with Gasteiger partial charge in [0.25, 0.3) is 0 Å². The van der Waals surface area contributed by atoms with Crippen molar-refractivity contribution in [2.45, 2.75) is 5.03 Å². The summed E-state index contributed by atoms with van der Waals surface area (Å²) in [4.78, 5) is 26.8. The van der Waals surface area contributed by atoms with E-state index in [0.29, 0.717) is 17.1 Å². The summed E-state index contributed by atoms with van der Waals surface area (Å²) in [6.45, 7) is 0.963. The van der Waals surface area contributed by atoms with Crippen LogP contribution in [0.4, 0.5) is 0 Å². The smallest absolute Gasteiger partial charge is 0.178 e. The first-order valence-electron chi connectivity index (χ1n) is 8.78. The summed E-state index contributed by atoms with van der Waals surface area (Å²) in [6, 6.07) is 15.8. The number of rotatable bonds is 6. The molecule has 4 aromatic rings. The topological polar surface area (TPSA) is 61.9 Å². The molecule has 0 aliphatic carbocycles. The predicted octanol–water partition coefficient (Wildman–Crippen LogP) is 4.24. The maximum absolute atomic E-state index is 11.8. The Hall–Kier alpha value is -2.70. The first kappa shape index (κ1) is 17.7. The molecule has 0 bridgehead atoms. The van der Waals surface area contributed by atoms with Crippen molar-refractivity contribution in [1.29, 1.82) is 0 Å². The maximum Gasteiger partial charge on any atom is 0.178 e. The first-order valence-corrected chi connectivity index (χ1v) is 9.76. The fourth-order valence-corrected chi connectivity index (χ4v) is 4.19. The fourth-order valence-electron chi connectivity index (χ4n) is 3.06. The fraction of sp³-hybridized carbons (Fsp3) is 0.190. The van der Waals surface area contributed by atoms with Gasteiger partial charge in [-0.1, -0.05) is 36.4 Å². The Labute approximate surface area is 161 Å². The lowest BCUT2D eigenvalue weighted by atomic mass is 10.1. The molecule has 5 nitrogen and oxygen atoms in total. The molecule has 2 heterocycles. The number of thioether (sulfide) groups is 1. The highest BCUT2D eigenvalue weighted by atomic mass is 32.2. The van der Waals surface area contributed by atoms with Crippen molar-refractivity contribution < 1.29 is 4.79 Å². The van der Waals surface area contributed by atoms with Crippen LogP contribution in [0.5, 0.6) is 0 Å². The van der Waals surface area contributed by atoms with Gasteiger partial charge in [-0.2, -0.15) is 0 Å². The molecule has 1 N–H and O–H groups in total. The van der Waals surface area contributed by atoms with Crippen molar-refractivity contribution >= 4 is 39.9 Å². The van der Waals surface area contributed by atoms with E-state index in [0.717, 1.165) is 45.4 Å². The third-order valence-electron chi connectivity index (χ3n) is 4.43. The van der Waals surface area contributed by atoms with Gasteiger partial charge in [0.1, 0.15) is 5.03 Å². The molecule has 0 atom stereocenters. The lowest BCUT2D eigenvalue weighted by molar-refractivity contribution is 0.112. The van der Waals surface area contributed by atoms with Crippen molar-refractivity contribution in [2.75, 3.05) is 26.4 Å². The lowest BCUT2D eigenvalue weighted by Crippen LogP contribution is -2.14. The van der Waals surface area contributed by atoms with Crippen molar-refractivity contribution in [3.63, 3.8) is 0 Å². The Balaban J connectivity index is 1.86. The van der Waals surface area contributed by atoms with Crippen LogP contribution in [0.3, 0.4) is 0 Å². The van der Waals surface area contributed by atoms with Gasteiger partial charge in [-0.25, -0.2) is 9.97 Å². The number of fused-ring (bicyclic) bond motifs is 2. The van der Waals surface area contributed by atoms with Crippen molar-refractivity contribution in [1.82, 2.24) is 19.9 Å². The maximum atomic E-state index is 11.8. The predicted molar refractivity (Wildman–Crippen MR) is 111 cm³/mol. The van der Waals surface area contributed by atoms with Gasteiger partial charge in [0.05, 0.1) is 16.8 Å². The van der Waals surface area contributed by atoms with E-state index in [2.05, 4.69) is 24.0 Å². The Morgan fingerprint density at radius 1 is 1.04 bits per heavy atom. The van der Waals surface area contributed by atoms with Crippen LogP contribution in [0.15, 0.2) is 53.6 Å². The molecule has 0 aliphatic heterocycles. The van der Waals surface area contributed by atoms with E-state index >= 15 is 0 Å². The summed E-state index contributed by atoms with van der Waals surface area (Å²) in [7, 11) is 4.12. The molecule has 0 saturated heterocycles. The Bertz CT molecular complexity index is 1120. The molecule has 0 unspecified atom stereocenters. The van der Waals surface area contributed by atoms with E-state index in [1.54, 1.807) is 11.8 Å². The van der Waals surface area contributed by atoms with E-state index in [9.17, 15) is 4.79 Å². The highest BCUT2D eigenvalue weighted by Gasteiger charge is 2.17. The molecular weight excluding hydrogens is 356 g/mol. The number of aldehydes is 1. The Kier molecular flexibility index (Phi) is 4.92. The molecule has 0 fully saturated rings. The Morgan fingerprint density at radius 3 is 2.56 bits per heavy atom. The van der Waals surface area contributed by atoms with Gasteiger partial charge in [0.15, 0.2) is 12.1 Å². The standard InChI is InChI=1S/C21H20N4OS/c1-25(2)11-12-27-21-15-8-4-6-10-18(15)23-20(24-21)19-16(13-26)14-7-3-5-9-17(14)22-19/h3-10,13,22H,11-12H2,1-2H3. The van der Waals surface area contributed by atoms with Gasteiger partial charge >= 0.3 is 0 Å². The summed E-state index contributed by atoms with van der Waals surface area (Å²) in [5, 5.41) is 2.86. The van der Waals surface area contributed by atoms with E-state index < -0.39 is 0 Å². The molecule has 0 amide bonds. The number of aromatic nitrogens is 3. The monoisotopic (exact) mass is 376 g/mol. The molecular formula is C21H20N4OS. The SMILES string of the molecule is CN(C)CCSc1nc(-c2[nH]c3ccccc3c2C=O)nc2ccccc12. The van der Waals surface area contributed by atoms with Gasteiger partial charge < -0.3 is 9.88 Å². The van der Waals surface area contributed by atoms with Crippen molar-refractivity contribution in [3.05, 3.63) is 54.1 Å². The van der Waals surface area contributed by atoms with Crippen LogP contribution in [-0.2, 0) is 0 Å². The quantitative estimate of drug-likeness (QED) is 0.310. The minimum absolute atomic E-state index is 0.555. The van der Waals surface area contributed by atoms with E-state index in [1.165, 1.54) is 0 Å². The summed E-state index contributed by atoms with van der Waals surface area (Å²) in [5.41, 5.74) is 3.06. The van der Waals surface area contributed by atoms with Gasteiger partial charge in [-0.15, -0.1) is 11.8 Å². The van der Waals surface area contributed by atoms with Crippen molar-refractivity contribution in [2.24, 2.45) is 0 Å². The molecule has 0 spiro atoms. The number of para-hydroxylation sites is 2. The first-order chi connectivity index (χ1) is 13.2. The molecule has 6 heteroatoms. The van der Waals surface area contributed by atoms with Crippen LogP contribution >= 0.6 is 11.8 Å². The summed E-state index contributed by atoms with van der Waals surface area (Å²) >= 11 is 1.71. The third kappa shape index (κ3) is 3.46. The number of hydrogen-bond donors (Lipinski definition) is 1. The zero-order valence-electron chi connectivity index (χ0n) is 15.3. The van der Waals surface area contributed by atoms with Crippen LogP contribution in [0.25, 0.3) is 33.3 Å². The van der Waals surface area contributed by atoms with Crippen LogP contribution in [0.1, 0.15) is 10.4 Å². The Morgan fingerprint density at radius 2 is 1.78 bits per heavy atom. The molecule has 2 aromatic heterocycles. The number of H-pyrrole nitrogens is 1. The largest absolute Gasteiger partial charge is 0.351 e. The second kappa shape index (κ2) is 7.50. The summed E-state index contributed by atoms with van der Waals surface area (Å²) < 4.78 is 0. The summed E-state index contributed by atoms with van der Waals surface area (Å²) in [6.07, 6.45) is 0.881. The lowest BCUT2D eigenvalue weighted by Gasteiger charge is -2.11. The molecule has 0 saturated carbocycles. The van der Waals surface area contributed by atoms with Crippen LogP contribution in [0.2, 0.25) is 0 Å². The second-order valence-electron chi connectivity index (χ2n) is 6.60. The molecule has 0 aliphatic rings. The normalized spacial score (nSPS) is 11.5. The number of benzene rings is 2. The average Bonchev–Trinajstić information content (AvgIpc) is 3.06. The van der Waals surface area contributed by atoms with Gasteiger partial charge in [0.2, 0.25) is 0 Å². The highest BCUT2D eigenvalue weighted by Crippen LogP contribution is 2.31. The minimum Gasteiger partial charge on any atom is -0.351 e. The zero-order valence-corrected chi connectivity index (χ0v) is 16.1. The molecule has 0 radical (unpaired) electrons.